The predicted molar refractivity (Wildman–Crippen MR) is 83.4 cm³/mol. The molecule has 1 aromatic carbocycles. The molecule has 0 aromatic heterocycles. The Balaban J connectivity index is 3.18. The summed E-state index contributed by atoms with van der Waals surface area (Å²) in [6, 6.07) is 6.99. The van der Waals surface area contributed by atoms with E-state index in [9.17, 15) is 0 Å². The topological polar surface area (TPSA) is 29.3 Å². The van der Waals surface area contributed by atoms with E-state index in [1.165, 1.54) is 16.1 Å². The minimum Gasteiger partial charge on any atom is -0.369 e. The second-order valence-electron chi connectivity index (χ2n) is 5.30. The number of thioether (sulfide) groups is 1. The Morgan fingerprint density at radius 2 is 1.89 bits per heavy atom. The van der Waals surface area contributed by atoms with Crippen LogP contribution in [0.25, 0.3) is 0 Å². The van der Waals surface area contributed by atoms with Crippen molar-refractivity contribution in [1.82, 2.24) is 0 Å². The van der Waals surface area contributed by atoms with Gasteiger partial charge in [0.05, 0.1) is 0 Å². The fourth-order valence-corrected chi connectivity index (χ4v) is 2.85. The Labute approximate surface area is 116 Å². The van der Waals surface area contributed by atoms with Crippen molar-refractivity contribution in [2.45, 2.75) is 45.2 Å². The smallest absolute Gasteiger partial charge is 0.0425 e. The molecule has 2 N–H and O–H groups in total. The third kappa shape index (κ3) is 3.66. The molecule has 0 heterocycles. The van der Waals surface area contributed by atoms with Crippen molar-refractivity contribution < 1.29 is 0 Å². The largest absolute Gasteiger partial charge is 0.369 e. The summed E-state index contributed by atoms with van der Waals surface area (Å²) >= 11 is 1.78. The maximum absolute atomic E-state index is 5.96. The number of anilines is 1. The van der Waals surface area contributed by atoms with E-state index < -0.39 is 0 Å². The molecule has 0 fully saturated rings. The van der Waals surface area contributed by atoms with Gasteiger partial charge in [-0.3, -0.25) is 0 Å². The lowest BCUT2D eigenvalue weighted by Crippen LogP contribution is -2.35. The van der Waals surface area contributed by atoms with Crippen LogP contribution in [0.1, 0.15) is 33.3 Å². The molecule has 102 valence electrons. The first-order valence-corrected chi connectivity index (χ1v) is 7.86. The van der Waals surface area contributed by atoms with E-state index in [1.807, 2.05) is 0 Å². The van der Waals surface area contributed by atoms with Crippen LogP contribution in [-0.4, -0.2) is 18.8 Å². The van der Waals surface area contributed by atoms with Crippen LogP contribution in [0.15, 0.2) is 23.1 Å². The van der Waals surface area contributed by atoms with Gasteiger partial charge in [-0.2, -0.15) is 0 Å². The molecule has 0 spiro atoms. The Morgan fingerprint density at radius 1 is 1.22 bits per heavy atom. The Kier molecular flexibility index (Phi) is 6.03. The summed E-state index contributed by atoms with van der Waals surface area (Å²) in [5.74, 6) is 0.649. The van der Waals surface area contributed by atoms with Crippen molar-refractivity contribution in [3.05, 3.63) is 23.8 Å². The molecular weight excluding hydrogens is 240 g/mol. The number of nitrogens with zero attached hydrogens (tertiary/aromatic N) is 1. The molecule has 0 saturated heterocycles. The number of benzene rings is 1. The highest BCUT2D eigenvalue weighted by Gasteiger charge is 2.16. The third-order valence-electron chi connectivity index (χ3n) is 3.03. The molecular formula is C15H26N2S. The van der Waals surface area contributed by atoms with Crippen molar-refractivity contribution >= 4 is 17.4 Å². The van der Waals surface area contributed by atoms with E-state index >= 15 is 0 Å². The maximum Gasteiger partial charge on any atom is 0.0425 e. The van der Waals surface area contributed by atoms with Gasteiger partial charge < -0.3 is 10.6 Å². The summed E-state index contributed by atoms with van der Waals surface area (Å²) in [6.07, 6.45) is 2.11. The second-order valence-corrected chi connectivity index (χ2v) is 6.15. The van der Waals surface area contributed by atoms with Gasteiger partial charge in [0.25, 0.3) is 0 Å². The Bertz CT molecular complexity index is 375. The van der Waals surface area contributed by atoms with Crippen molar-refractivity contribution in [1.29, 1.82) is 0 Å². The van der Waals surface area contributed by atoms with Gasteiger partial charge in [-0.1, -0.05) is 19.9 Å². The maximum atomic E-state index is 5.96. The molecule has 0 amide bonds. The van der Waals surface area contributed by atoms with Crippen LogP contribution in [-0.2, 0) is 6.54 Å². The van der Waals surface area contributed by atoms with Crippen molar-refractivity contribution in [2.24, 2.45) is 11.7 Å². The number of hydrogen-bond acceptors (Lipinski definition) is 3. The summed E-state index contributed by atoms with van der Waals surface area (Å²) in [7, 11) is 0. The molecule has 0 aliphatic heterocycles. The minimum atomic E-state index is 0.495. The lowest BCUT2D eigenvalue weighted by Gasteiger charge is -2.33. The third-order valence-corrected chi connectivity index (χ3v) is 3.85. The summed E-state index contributed by atoms with van der Waals surface area (Å²) in [5, 5.41) is 0. The van der Waals surface area contributed by atoms with E-state index in [0.717, 1.165) is 6.54 Å². The second kappa shape index (κ2) is 7.05. The molecule has 18 heavy (non-hydrogen) atoms. The predicted octanol–water partition coefficient (Wildman–Crippen LogP) is 3.74. The van der Waals surface area contributed by atoms with Gasteiger partial charge in [0.15, 0.2) is 0 Å². The van der Waals surface area contributed by atoms with Gasteiger partial charge in [0, 0.05) is 35.3 Å². The molecule has 1 aromatic rings. The summed E-state index contributed by atoms with van der Waals surface area (Å²) in [4.78, 5) is 3.76. The fraction of sp³-hybridized carbons (Fsp3) is 0.600. The van der Waals surface area contributed by atoms with Crippen LogP contribution in [0.2, 0.25) is 0 Å². The van der Waals surface area contributed by atoms with Crippen molar-refractivity contribution in [3.63, 3.8) is 0 Å². The van der Waals surface area contributed by atoms with Gasteiger partial charge in [-0.05, 0) is 38.2 Å². The van der Waals surface area contributed by atoms with Gasteiger partial charge in [-0.25, -0.2) is 0 Å². The molecule has 0 bridgehead atoms. The highest BCUT2D eigenvalue weighted by Crippen LogP contribution is 2.30. The quantitative estimate of drug-likeness (QED) is 0.795. The van der Waals surface area contributed by atoms with Crippen LogP contribution in [0.3, 0.4) is 0 Å². The summed E-state index contributed by atoms with van der Waals surface area (Å²) in [6.45, 7) is 10.7. The molecule has 0 radical (unpaired) electrons. The van der Waals surface area contributed by atoms with Crippen molar-refractivity contribution in [3.8, 4) is 0 Å². The van der Waals surface area contributed by atoms with Gasteiger partial charge in [0.2, 0.25) is 0 Å². The lowest BCUT2D eigenvalue weighted by atomic mass is 10.1. The molecule has 1 rings (SSSR count). The number of nitrogens with two attached hydrogens (primary N) is 1. The van der Waals surface area contributed by atoms with Crippen LogP contribution >= 0.6 is 11.8 Å². The van der Waals surface area contributed by atoms with Gasteiger partial charge in [0.1, 0.15) is 0 Å². The monoisotopic (exact) mass is 266 g/mol. The number of rotatable bonds is 6. The van der Waals surface area contributed by atoms with E-state index in [-0.39, 0.29) is 0 Å². The molecule has 0 atom stereocenters. The van der Waals surface area contributed by atoms with Gasteiger partial charge >= 0.3 is 0 Å². The van der Waals surface area contributed by atoms with E-state index in [0.29, 0.717) is 18.5 Å². The zero-order chi connectivity index (χ0) is 13.7. The number of hydrogen-bond donors (Lipinski definition) is 1. The lowest BCUT2D eigenvalue weighted by molar-refractivity contribution is 0.569. The highest BCUT2D eigenvalue weighted by atomic mass is 32.2. The van der Waals surface area contributed by atoms with Crippen LogP contribution in [0.4, 0.5) is 5.69 Å². The summed E-state index contributed by atoms with van der Waals surface area (Å²) in [5.41, 5.74) is 8.53. The molecule has 0 unspecified atom stereocenters. The van der Waals surface area contributed by atoms with E-state index in [4.69, 9.17) is 5.73 Å². The van der Waals surface area contributed by atoms with E-state index in [1.54, 1.807) is 11.8 Å². The SMILES string of the molecule is CSc1cccc(N(CC(C)C)C(C)C)c1CN. The Hall–Kier alpha value is -0.670. The Morgan fingerprint density at radius 3 is 2.33 bits per heavy atom. The van der Waals surface area contributed by atoms with Gasteiger partial charge in [-0.15, -0.1) is 11.8 Å². The normalized spacial score (nSPS) is 11.3. The first kappa shape index (κ1) is 15.4. The average molecular weight is 266 g/mol. The highest BCUT2D eigenvalue weighted by molar-refractivity contribution is 7.98. The molecule has 2 nitrogen and oxygen atoms in total. The first-order chi connectivity index (χ1) is 8.51. The molecule has 0 aliphatic carbocycles. The fourth-order valence-electron chi connectivity index (χ4n) is 2.20. The van der Waals surface area contributed by atoms with Crippen LogP contribution in [0, 0.1) is 5.92 Å². The first-order valence-electron chi connectivity index (χ1n) is 6.63. The zero-order valence-corrected chi connectivity index (χ0v) is 13.1. The van der Waals surface area contributed by atoms with Crippen molar-refractivity contribution in [2.75, 3.05) is 17.7 Å². The van der Waals surface area contributed by atoms with E-state index in [2.05, 4.69) is 57.0 Å². The molecule has 3 heteroatoms. The standard InChI is InChI=1S/C15H26N2S/c1-11(2)10-17(12(3)4)14-7-6-8-15(18-5)13(14)9-16/h6-8,11-12H,9-10,16H2,1-5H3. The zero-order valence-electron chi connectivity index (χ0n) is 12.2. The van der Waals surface area contributed by atoms with Crippen LogP contribution in [0.5, 0.6) is 0 Å². The minimum absolute atomic E-state index is 0.495. The molecule has 0 aliphatic rings. The van der Waals surface area contributed by atoms with Crippen LogP contribution < -0.4 is 10.6 Å². The average Bonchev–Trinajstić information content (AvgIpc) is 2.34. The molecule has 0 saturated carbocycles. The summed E-state index contributed by atoms with van der Waals surface area (Å²) < 4.78 is 0.